The number of nitrogens with zero attached hydrogens (tertiary/aromatic N) is 1. The second kappa shape index (κ2) is 7.27. The number of likely N-dealkylation sites (tertiary alicyclic amines) is 1. The van der Waals surface area contributed by atoms with E-state index in [1.807, 2.05) is 0 Å². The van der Waals surface area contributed by atoms with Crippen LogP contribution < -0.4 is 5.32 Å². The van der Waals surface area contributed by atoms with Crippen LogP contribution in [0.3, 0.4) is 0 Å². The number of carbonyl (C=O) groups excluding carboxylic acids is 2. The Balaban J connectivity index is 2.42. The van der Waals surface area contributed by atoms with Crippen LogP contribution in [-0.4, -0.2) is 50.1 Å². The van der Waals surface area contributed by atoms with Gasteiger partial charge in [-0.3, -0.25) is 14.5 Å². The van der Waals surface area contributed by atoms with Gasteiger partial charge < -0.3 is 10.1 Å². The van der Waals surface area contributed by atoms with Crippen molar-refractivity contribution in [1.82, 2.24) is 10.2 Å². The summed E-state index contributed by atoms with van der Waals surface area (Å²) >= 11 is 0. The highest BCUT2D eigenvalue weighted by Crippen LogP contribution is 2.20. The average Bonchev–Trinajstić information content (AvgIpc) is 2.37. The van der Waals surface area contributed by atoms with Gasteiger partial charge in [-0.05, 0) is 19.4 Å². The molecule has 0 spiro atoms. The number of hydrogen-bond donors (Lipinski definition) is 1. The van der Waals surface area contributed by atoms with Crippen molar-refractivity contribution in [2.24, 2.45) is 0 Å². The topological polar surface area (TPSA) is 58.6 Å². The van der Waals surface area contributed by atoms with E-state index in [4.69, 9.17) is 4.74 Å². The summed E-state index contributed by atoms with van der Waals surface area (Å²) in [5, 5.41) is 2.61. The monoisotopic (exact) mass is 242 g/mol. The van der Waals surface area contributed by atoms with Crippen LogP contribution >= 0.6 is 0 Å². The van der Waals surface area contributed by atoms with Gasteiger partial charge in [0.2, 0.25) is 5.91 Å². The van der Waals surface area contributed by atoms with Crippen LogP contribution in [0.4, 0.5) is 0 Å². The normalized spacial score (nSPS) is 20.9. The summed E-state index contributed by atoms with van der Waals surface area (Å²) in [6.07, 6.45) is 4.24. The summed E-state index contributed by atoms with van der Waals surface area (Å²) in [6, 6.07) is 0.237. The van der Waals surface area contributed by atoms with Gasteiger partial charge in [-0.25, -0.2) is 0 Å². The molecule has 1 heterocycles. The lowest BCUT2D eigenvalue weighted by Crippen LogP contribution is -2.42. The number of hydrogen-bond acceptors (Lipinski definition) is 4. The molecule has 1 N–H and O–H groups in total. The zero-order valence-corrected chi connectivity index (χ0v) is 10.7. The van der Waals surface area contributed by atoms with Gasteiger partial charge in [0.1, 0.15) is 0 Å². The molecule has 5 heteroatoms. The lowest BCUT2D eigenvalue weighted by Gasteiger charge is -2.34. The predicted octanol–water partition coefficient (Wildman–Crippen LogP) is 0.540. The highest BCUT2D eigenvalue weighted by Gasteiger charge is 2.25. The van der Waals surface area contributed by atoms with Crippen molar-refractivity contribution >= 4 is 11.9 Å². The summed E-state index contributed by atoms with van der Waals surface area (Å²) in [6.45, 7) is 1.69. The molecule has 1 fully saturated rings. The fourth-order valence-electron chi connectivity index (χ4n) is 2.23. The van der Waals surface area contributed by atoms with Gasteiger partial charge in [0.05, 0.1) is 13.5 Å². The van der Waals surface area contributed by atoms with E-state index in [1.165, 1.54) is 7.11 Å². The third kappa shape index (κ3) is 4.73. The van der Waals surface area contributed by atoms with Crippen molar-refractivity contribution in [3.8, 4) is 0 Å². The molecule has 0 saturated carbocycles. The Morgan fingerprint density at radius 1 is 1.41 bits per heavy atom. The van der Waals surface area contributed by atoms with E-state index in [2.05, 4.69) is 10.2 Å². The molecule has 98 valence electrons. The van der Waals surface area contributed by atoms with Crippen LogP contribution in [0.1, 0.15) is 32.1 Å². The molecule has 0 aromatic carbocycles. The van der Waals surface area contributed by atoms with Crippen LogP contribution in [0.5, 0.6) is 0 Å². The van der Waals surface area contributed by atoms with Crippen LogP contribution in [0, 0.1) is 0 Å². The maximum atomic E-state index is 11.3. The number of ether oxygens (including phenoxy) is 1. The van der Waals surface area contributed by atoms with Gasteiger partial charge in [0.25, 0.3) is 0 Å². The molecule has 0 aromatic rings. The van der Waals surface area contributed by atoms with Crippen LogP contribution in [0.25, 0.3) is 0 Å². The molecule has 1 atom stereocenters. The third-order valence-electron chi connectivity index (χ3n) is 3.28. The van der Waals surface area contributed by atoms with Crippen molar-refractivity contribution in [2.45, 2.75) is 38.1 Å². The Morgan fingerprint density at radius 3 is 2.82 bits per heavy atom. The number of nitrogens with one attached hydrogen (secondary N) is 1. The van der Waals surface area contributed by atoms with Gasteiger partial charge in [-0.15, -0.1) is 0 Å². The predicted molar refractivity (Wildman–Crippen MR) is 64.5 cm³/mol. The number of methoxy groups -OCH3 is 1. The highest BCUT2D eigenvalue weighted by molar-refractivity contribution is 5.75. The summed E-state index contributed by atoms with van der Waals surface area (Å²) < 4.78 is 4.70. The Labute approximate surface area is 102 Å². The van der Waals surface area contributed by atoms with E-state index in [0.717, 1.165) is 32.4 Å². The maximum Gasteiger partial charge on any atom is 0.307 e. The SMILES string of the molecule is CNC(=O)CCN1CCCCC1CC(=O)OC. The van der Waals surface area contributed by atoms with Crippen LogP contribution in [0.2, 0.25) is 0 Å². The molecule has 1 aliphatic rings. The summed E-state index contributed by atoms with van der Waals surface area (Å²) in [5.41, 5.74) is 0. The van der Waals surface area contributed by atoms with Crippen LogP contribution in [-0.2, 0) is 14.3 Å². The van der Waals surface area contributed by atoms with Crippen molar-refractivity contribution in [3.05, 3.63) is 0 Å². The number of rotatable bonds is 5. The van der Waals surface area contributed by atoms with E-state index in [9.17, 15) is 9.59 Å². The summed E-state index contributed by atoms with van der Waals surface area (Å²) in [7, 11) is 3.06. The number of amides is 1. The van der Waals surface area contributed by atoms with Crippen molar-refractivity contribution in [1.29, 1.82) is 0 Å². The summed E-state index contributed by atoms with van der Waals surface area (Å²) in [5.74, 6) is -0.116. The zero-order valence-electron chi connectivity index (χ0n) is 10.7. The maximum absolute atomic E-state index is 11.3. The molecule has 0 bridgehead atoms. The first-order valence-corrected chi connectivity index (χ1v) is 6.18. The second-order valence-corrected chi connectivity index (χ2v) is 4.39. The lowest BCUT2D eigenvalue weighted by atomic mass is 9.99. The minimum Gasteiger partial charge on any atom is -0.469 e. The van der Waals surface area contributed by atoms with Crippen molar-refractivity contribution in [3.63, 3.8) is 0 Å². The number of esters is 1. The van der Waals surface area contributed by atoms with E-state index < -0.39 is 0 Å². The Morgan fingerprint density at radius 2 is 2.18 bits per heavy atom. The van der Waals surface area contributed by atoms with Gasteiger partial charge >= 0.3 is 5.97 Å². The zero-order chi connectivity index (χ0) is 12.7. The molecular weight excluding hydrogens is 220 g/mol. The minimum atomic E-state index is -0.165. The van der Waals surface area contributed by atoms with E-state index in [1.54, 1.807) is 7.05 Å². The smallest absolute Gasteiger partial charge is 0.307 e. The first kappa shape index (κ1) is 14.0. The van der Waals surface area contributed by atoms with E-state index in [-0.39, 0.29) is 17.9 Å². The first-order chi connectivity index (χ1) is 8.17. The van der Waals surface area contributed by atoms with Gasteiger partial charge in [0, 0.05) is 26.1 Å². The fourth-order valence-corrected chi connectivity index (χ4v) is 2.23. The molecule has 17 heavy (non-hydrogen) atoms. The van der Waals surface area contributed by atoms with E-state index in [0.29, 0.717) is 12.8 Å². The van der Waals surface area contributed by atoms with Gasteiger partial charge in [-0.1, -0.05) is 6.42 Å². The molecular formula is C12H22N2O3. The molecule has 1 saturated heterocycles. The Hall–Kier alpha value is -1.10. The quantitative estimate of drug-likeness (QED) is 0.715. The Kier molecular flexibility index (Phi) is 5.97. The largest absolute Gasteiger partial charge is 0.469 e. The summed E-state index contributed by atoms with van der Waals surface area (Å²) in [4.78, 5) is 24.7. The third-order valence-corrected chi connectivity index (χ3v) is 3.28. The number of piperidine rings is 1. The average molecular weight is 242 g/mol. The Bertz CT molecular complexity index is 268. The molecule has 5 nitrogen and oxygen atoms in total. The molecule has 1 unspecified atom stereocenters. The molecule has 1 amide bonds. The van der Waals surface area contributed by atoms with E-state index >= 15 is 0 Å². The first-order valence-electron chi connectivity index (χ1n) is 6.18. The fraction of sp³-hybridized carbons (Fsp3) is 0.833. The van der Waals surface area contributed by atoms with Crippen molar-refractivity contribution < 1.29 is 14.3 Å². The molecule has 0 aliphatic carbocycles. The number of carbonyl (C=O) groups is 2. The molecule has 1 aliphatic heterocycles. The van der Waals surface area contributed by atoms with Crippen LogP contribution in [0.15, 0.2) is 0 Å². The van der Waals surface area contributed by atoms with Crippen molar-refractivity contribution in [2.75, 3.05) is 27.2 Å². The van der Waals surface area contributed by atoms with Gasteiger partial charge in [-0.2, -0.15) is 0 Å². The molecule has 0 radical (unpaired) electrons. The second-order valence-electron chi connectivity index (χ2n) is 4.39. The molecule has 0 aromatic heterocycles. The standard InChI is InChI=1S/C12H22N2O3/c1-13-11(15)6-8-14-7-4-3-5-10(14)9-12(16)17-2/h10H,3-9H2,1-2H3,(H,13,15). The lowest BCUT2D eigenvalue weighted by molar-refractivity contribution is -0.142. The van der Waals surface area contributed by atoms with Gasteiger partial charge in [0.15, 0.2) is 0 Å². The molecule has 1 rings (SSSR count). The minimum absolute atomic E-state index is 0.0485. The highest BCUT2D eigenvalue weighted by atomic mass is 16.5.